The van der Waals surface area contributed by atoms with Gasteiger partial charge in [0, 0.05) is 12.1 Å². The zero-order valence-corrected chi connectivity index (χ0v) is 18.9. The van der Waals surface area contributed by atoms with Crippen LogP contribution in [0.1, 0.15) is 56.0 Å². The van der Waals surface area contributed by atoms with Crippen LogP contribution in [-0.4, -0.2) is 35.8 Å². The van der Waals surface area contributed by atoms with Gasteiger partial charge in [-0.1, -0.05) is 79.8 Å². The van der Waals surface area contributed by atoms with Gasteiger partial charge in [-0.25, -0.2) is 0 Å². The quantitative estimate of drug-likeness (QED) is 0.513. The van der Waals surface area contributed by atoms with E-state index in [0.29, 0.717) is 12.1 Å². The molecule has 0 aliphatic heterocycles. The van der Waals surface area contributed by atoms with Crippen LogP contribution in [0.5, 0.6) is 0 Å². The minimum Gasteiger partial charge on any atom is -0.348 e. The first-order valence-corrected chi connectivity index (χ1v) is 11.0. The molecule has 4 nitrogen and oxygen atoms in total. The molecule has 0 saturated heterocycles. The summed E-state index contributed by atoms with van der Waals surface area (Å²) in [5.74, 6) is -0.284. The van der Waals surface area contributed by atoms with Crippen LogP contribution in [0.2, 0.25) is 0 Å². The molecule has 1 atom stereocenters. The molecule has 2 amide bonds. The Labute approximate surface area is 186 Å². The normalized spacial score (nSPS) is 15.8. The Morgan fingerprint density at radius 3 is 2.58 bits per heavy atom. The van der Waals surface area contributed by atoms with E-state index in [2.05, 4.69) is 36.2 Å². The summed E-state index contributed by atoms with van der Waals surface area (Å²) in [7, 11) is 0. The van der Waals surface area contributed by atoms with Gasteiger partial charge >= 0.3 is 0 Å². The van der Waals surface area contributed by atoms with Gasteiger partial charge in [0.1, 0.15) is 0 Å². The van der Waals surface area contributed by atoms with Crippen LogP contribution in [0.4, 0.5) is 0 Å². The first-order valence-electron chi connectivity index (χ1n) is 11.0. The van der Waals surface area contributed by atoms with Crippen molar-refractivity contribution in [3.8, 4) is 0 Å². The Bertz CT molecular complexity index is 906. The van der Waals surface area contributed by atoms with Crippen molar-refractivity contribution >= 4 is 17.4 Å². The lowest BCUT2D eigenvalue weighted by Gasteiger charge is -2.24. The van der Waals surface area contributed by atoms with Gasteiger partial charge in [0.15, 0.2) is 0 Å². The van der Waals surface area contributed by atoms with Crippen LogP contribution in [0, 0.1) is 0 Å². The zero-order chi connectivity index (χ0) is 22.6. The third kappa shape index (κ3) is 7.56. The molecule has 0 aromatic heterocycles. The van der Waals surface area contributed by atoms with E-state index >= 15 is 0 Å². The second-order valence-electron chi connectivity index (χ2n) is 7.73. The maximum atomic E-state index is 13.1. The SMILES string of the molecule is C=C(C)c1ccccc1C(=O)N(CCC)CC(=O)NC1C=CC(/C=C/C/C=C\C)=CC1. The lowest BCUT2D eigenvalue weighted by Crippen LogP contribution is -2.44. The van der Waals surface area contributed by atoms with Crippen molar-refractivity contribution in [2.24, 2.45) is 0 Å². The smallest absolute Gasteiger partial charge is 0.254 e. The molecular formula is C27H34N2O2. The van der Waals surface area contributed by atoms with E-state index in [4.69, 9.17) is 0 Å². The van der Waals surface area contributed by atoms with Crippen LogP contribution < -0.4 is 5.32 Å². The topological polar surface area (TPSA) is 49.4 Å². The second-order valence-corrected chi connectivity index (χ2v) is 7.73. The molecule has 0 bridgehead atoms. The summed E-state index contributed by atoms with van der Waals surface area (Å²) in [5, 5.41) is 3.03. The fraction of sp³-hybridized carbons (Fsp3) is 0.333. The number of allylic oxidation sites excluding steroid dienone is 7. The third-order valence-corrected chi connectivity index (χ3v) is 5.03. The van der Waals surface area contributed by atoms with Crippen LogP contribution in [0.15, 0.2) is 78.9 Å². The Hall–Kier alpha value is -3.14. The van der Waals surface area contributed by atoms with Crippen molar-refractivity contribution in [1.82, 2.24) is 10.2 Å². The van der Waals surface area contributed by atoms with E-state index in [1.165, 1.54) is 0 Å². The third-order valence-electron chi connectivity index (χ3n) is 5.03. The van der Waals surface area contributed by atoms with E-state index in [0.717, 1.165) is 36.0 Å². The van der Waals surface area contributed by atoms with E-state index in [-0.39, 0.29) is 24.4 Å². The van der Waals surface area contributed by atoms with Gasteiger partial charge in [-0.05, 0) is 50.3 Å². The van der Waals surface area contributed by atoms with E-state index in [1.807, 2.05) is 57.2 Å². The van der Waals surface area contributed by atoms with Crippen LogP contribution in [0.25, 0.3) is 5.57 Å². The summed E-state index contributed by atoms with van der Waals surface area (Å²) < 4.78 is 0. The molecule has 164 valence electrons. The number of carbonyl (C=O) groups is 2. The fourth-order valence-corrected chi connectivity index (χ4v) is 3.45. The molecule has 1 aromatic rings. The predicted molar refractivity (Wildman–Crippen MR) is 130 cm³/mol. The Kier molecular flexibility index (Phi) is 9.76. The second kappa shape index (κ2) is 12.5. The molecule has 0 spiro atoms. The summed E-state index contributed by atoms with van der Waals surface area (Å²) in [5.41, 5.74) is 3.39. The summed E-state index contributed by atoms with van der Waals surface area (Å²) in [6.07, 6.45) is 16.9. The van der Waals surface area contributed by atoms with Crippen molar-refractivity contribution in [2.45, 2.75) is 46.1 Å². The molecule has 31 heavy (non-hydrogen) atoms. The Balaban J connectivity index is 1.97. The van der Waals surface area contributed by atoms with Gasteiger partial charge in [0.25, 0.3) is 5.91 Å². The van der Waals surface area contributed by atoms with Crippen molar-refractivity contribution in [2.75, 3.05) is 13.1 Å². The highest BCUT2D eigenvalue weighted by molar-refractivity contribution is 6.00. The summed E-state index contributed by atoms with van der Waals surface area (Å²) in [6, 6.07) is 7.37. The molecule has 1 aliphatic rings. The molecular weight excluding hydrogens is 384 g/mol. The number of rotatable bonds is 10. The van der Waals surface area contributed by atoms with Gasteiger partial charge in [-0.2, -0.15) is 0 Å². The van der Waals surface area contributed by atoms with E-state index in [1.54, 1.807) is 11.0 Å². The lowest BCUT2D eigenvalue weighted by atomic mass is 10.0. The average molecular weight is 419 g/mol. The summed E-state index contributed by atoms with van der Waals surface area (Å²) in [4.78, 5) is 27.4. The molecule has 1 unspecified atom stereocenters. The van der Waals surface area contributed by atoms with Crippen molar-refractivity contribution in [1.29, 1.82) is 0 Å². The lowest BCUT2D eigenvalue weighted by molar-refractivity contribution is -0.122. The molecule has 1 aromatic carbocycles. The zero-order valence-electron chi connectivity index (χ0n) is 18.9. The Morgan fingerprint density at radius 1 is 1.23 bits per heavy atom. The largest absolute Gasteiger partial charge is 0.348 e. The van der Waals surface area contributed by atoms with Gasteiger partial charge in [0.05, 0.1) is 12.6 Å². The van der Waals surface area contributed by atoms with E-state index < -0.39 is 0 Å². The predicted octanol–water partition coefficient (Wildman–Crippen LogP) is 5.47. The maximum Gasteiger partial charge on any atom is 0.254 e. The number of carbonyl (C=O) groups excluding carboxylic acids is 2. The van der Waals surface area contributed by atoms with Crippen LogP contribution in [0.3, 0.4) is 0 Å². The monoisotopic (exact) mass is 418 g/mol. The average Bonchev–Trinajstić information content (AvgIpc) is 2.77. The van der Waals surface area contributed by atoms with E-state index in [9.17, 15) is 9.59 Å². The number of benzene rings is 1. The minimum absolute atomic E-state index is 0.0430. The molecule has 1 aliphatic carbocycles. The Morgan fingerprint density at radius 2 is 1.97 bits per heavy atom. The van der Waals surface area contributed by atoms with Gasteiger partial charge in [-0.15, -0.1) is 0 Å². The molecule has 4 heteroatoms. The molecule has 1 N–H and O–H groups in total. The maximum absolute atomic E-state index is 13.1. The molecule has 0 saturated carbocycles. The van der Waals surface area contributed by atoms with Gasteiger partial charge in [0.2, 0.25) is 5.91 Å². The number of nitrogens with zero attached hydrogens (tertiary/aromatic N) is 1. The van der Waals surface area contributed by atoms with Gasteiger partial charge < -0.3 is 10.2 Å². The first kappa shape index (κ1) is 24.1. The standard InChI is InChI=1S/C27H34N2O2/c1-5-7-8-9-12-22-15-17-23(18-16-22)28-26(30)20-29(19-6-2)27(31)25-14-11-10-13-24(25)21(3)4/h5,7,9-17,23H,3,6,8,18-20H2,1-2,4H3,(H,28,30)/b7-5-,12-9+. The number of hydrogen-bond donors (Lipinski definition) is 1. The molecule has 0 heterocycles. The van der Waals surface area contributed by atoms with Crippen LogP contribution in [-0.2, 0) is 4.79 Å². The molecule has 0 radical (unpaired) electrons. The van der Waals surface area contributed by atoms with Crippen LogP contribution >= 0.6 is 0 Å². The molecule has 2 rings (SSSR count). The summed E-state index contributed by atoms with van der Waals surface area (Å²) >= 11 is 0. The number of amides is 2. The van der Waals surface area contributed by atoms with Gasteiger partial charge in [-0.3, -0.25) is 9.59 Å². The highest BCUT2D eigenvalue weighted by Gasteiger charge is 2.21. The van der Waals surface area contributed by atoms with Crippen molar-refractivity contribution in [3.63, 3.8) is 0 Å². The molecule has 0 fully saturated rings. The van der Waals surface area contributed by atoms with Crippen molar-refractivity contribution < 1.29 is 9.59 Å². The highest BCUT2D eigenvalue weighted by atomic mass is 16.2. The van der Waals surface area contributed by atoms with Crippen molar-refractivity contribution in [3.05, 3.63) is 90.1 Å². The summed E-state index contributed by atoms with van der Waals surface area (Å²) in [6.45, 7) is 10.4. The minimum atomic E-state index is -0.148. The first-order chi connectivity index (χ1) is 15.0. The highest BCUT2D eigenvalue weighted by Crippen LogP contribution is 2.19. The number of nitrogens with one attached hydrogen (secondary N) is 1. The fourth-order valence-electron chi connectivity index (χ4n) is 3.45. The number of hydrogen-bond acceptors (Lipinski definition) is 2.